The molecule has 0 unspecified atom stereocenters. The zero-order chi connectivity index (χ0) is 18.5. The Kier molecular flexibility index (Phi) is 5.93. The number of aryl methyl sites for hydroxylation is 2. The van der Waals surface area contributed by atoms with Crippen molar-refractivity contribution in [2.24, 2.45) is 0 Å². The second kappa shape index (κ2) is 8.36. The van der Waals surface area contributed by atoms with Gasteiger partial charge in [-0.05, 0) is 56.4 Å². The minimum absolute atomic E-state index is 0.371. The highest BCUT2D eigenvalue weighted by atomic mass is 32.1. The van der Waals surface area contributed by atoms with Crippen LogP contribution in [0.5, 0.6) is 5.75 Å². The number of benzene rings is 1. The molecule has 1 aromatic heterocycles. The number of ether oxygens (including phenoxy) is 2. The average molecular weight is 373 g/mol. The summed E-state index contributed by atoms with van der Waals surface area (Å²) in [6.07, 6.45) is 4.74. The van der Waals surface area contributed by atoms with Crippen molar-refractivity contribution in [2.45, 2.75) is 45.1 Å². The molecule has 0 aliphatic heterocycles. The van der Waals surface area contributed by atoms with Gasteiger partial charge in [0.1, 0.15) is 10.6 Å². The van der Waals surface area contributed by atoms with Crippen molar-refractivity contribution in [1.82, 2.24) is 0 Å². The van der Waals surface area contributed by atoms with E-state index in [0.717, 1.165) is 19.3 Å². The van der Waals surface area contributed by atoms with Gasteiger partial charge in [-0.3, -0.25) is 4.79 Å². The Morgan fingerprint density at radius 2 is 1.96 bits per heavy atom. The van der Waals surface area contributed by atoms with Gasteiger partial charge in [0.25, 0.3) is 5.91 Å². The summed E-state index contributed by atoms with van der Waals surface area (Å²) in [5, 5.41) is 2.74. The number of hydrogen-bond donors (Lipinski definition) is 1. The molecular weight excluding hydrogens is 350 g/mol. The fourth-order valence-corrected chi connectivity index (χ4v) is 4.12. The van der Waals surface area contributed by atoms with E-state index in [4.69, 9.17) is 9.47 Å². The number of carbonyl (C=O) groups excluding carboxylic acids is 2. The van der Waals surface area contributed by atoms with E-state index in [1.165, 1.54) is 34.6 Å². The summed E-state index contributed by atoms with van der Waals surface area (Å²) in [5.41, 5.74) is 1.85. The SMILES string of the molecule is COc1cccc(NC(=O)[C@@H](C)OC(=O)c2cc3c(s2)CCCCC3)c1. The van der Waals surface area contributed by atoms with Crippen LogP contribution in [-0.4, -0.2) is 25.1 Å². The standard InChI is InChI=1S/C20H23NO4S/c1-13(19(22)21-15-8-6-9-16(12-15)24-2)25-20(23)18-11-14-7-4-3-5-10-17(14)26-18/h6,8-9,11-13H,3-5,7,10H2,1-2H3,(H,21,22)/t13-/m1/s1. The Morgan fingerprint density at radius 3 is 2.77 bits per heavy atom. The van der Waals surface area contributed by atoms with Crippen LogP contribution in [-0.2, 0) is 22.4 Å². The van der Waals surface area contributed by atoms with E-state index in [9.17, 15) is 9.59 Å². The van der Waals surface area contributed by atoms with Crippen LogP contribution in [0.4, 0.5) is 5.69 Å². The van der Waals surface area contributed by atoms with Crippen molar-refractivity contribution >= 4 is 28.9 Å². The Hall–Kier alpha value is -2.34. The monoisotopic (exact) mass is 373 g/mol. The van der Waals surface area contributed by atoms with Gasteiger partial charge >= 0.3 is 5.97 Å². The van der Waals surface area contributed by atoms with Crippen molar-refractivity contribution in [3.63, 3.8) is 0 Å². The maximum atomic E-state index is 12.4. The predicted molar refractivity (Wildman–Crippen MR) is 102 cm³/mol. The summed E-state index contributed by atoms with van der Waals surface area (Å²) < 4.78 is 10.5. The minimum Gasteiger partial charge on any atom is -0.497 e. The maximum absolute atomic E-state index is 12.4. The van der Waals surface area contributed by atoms with E-state index in [1.807, 2.05) is 6.07 Å². The normalized spacial score (nSPS) is 14.7. The summed E-state index contributed by atoms with van der Waals surface area (Å²) in [5.74, 6) is -0.159. The Labute approximate surface area is 157 Å². The van der Waals surface area contributed by atoms with E-state index in [-0.39, 0.29) is 5.91 Å². The zero-order valence-corrected chi connectivity index (χ0v) is 15.9. The lowest BCUT2D eigenvalue weighted by atomic mass is 10.1. The van der Waals surface area contributed by atoms with Gasteiger partial charge in [0.2, 0.25) is 0 Å². The molecule has 26 heavy (non-hydrogen) atoms. The van der Waals surface area contributed by atoms with Gasteiger partial charge in [-0.15, -0.1) is 11.3 Å². The predicted octanol–water partition coefficient (Wildman–Crippen LogP) is 4.21. The number of thiophene rings is 1. The molecular formula is C20H23NO4S. The van der Waals surface area contributed by atoms with Crippen LogP contribution in [0.3, 0.4) is 0 Å². The number of amides is 1. The van der Waals surface area contributed by atoms with Crippen LogP contribution in [0, 0.1) is 0 Å². The average Bonchev–Trinajstić information content (AvgIpc) is 2.92. The number of fused-ring (bicyclic) bond motifs is 1. The molecule has 6 heteroatoms. The highest BCUT2D eigenvalue weighted by Crippen LogP contribution is 2.29. The van der Waals surface area contributed by atoms with Gasteiger partial charge in [-0.2, -0.15) is 0 Å². The van der Waals surface area contributed by atoms with Crippen LogP contribution in [0.15, 0.2) is 30.3 Å². The summed E-state index contributed by atoms with van der Waals surface area (Å²) in [4.78, 5) is 26.6. The van der Waals surface area contributed by atoms with Crippen molar-refractivity contribution in [2.75, 3.05) is 12.4 Å². The van der Waals surface area contributed by atoms with Gasteiger partial charge in [0.15, 0.2) is 6.10 Å². The topological polar surface area (TPSA) is 64.6 Å². The van der Waals surface area contributed by atoms with Crippen LogP contribution >= 0.6 is 11.3 Å². The molecule has 1 aliphatic carbocycles. The van der Waals surface area contributed by atoms with E-state index < -0.39 is 12.1 Å². The lowest BCUT2D eigenvalue weighted by Gasteiger charge is -2.13. The molecule has 1 atom stereocenters. The van der Waals surface area contributed by atoms with Crippen molar-refractivity contribution < 1.29 is 19.1 Å². The quantitative estimate of drug-likeness (QED) is 0.630. The first-order chi connectivity index (χ1) is 12.6. The summed E-state index contributed by atoms with van der Waals surface area (Å²) in [6, 6.07) is 8.97. The second-order valence-electron chi connectivity index (χ2n) is 6.39. The van der Waals surface area contributed by atoms with Crippen molar-refractivity contribution in [3.05, 3.63) is 45.6 Å². The first-order valence-electron chi connectivity index (χ1n) is 8.84. The molecule has 0 spiro atoms. The Morgan fingerprint density at radius 1 is 1.15 bits per heavy atom. The zero-order valence-electron chi connectivity index (χ0n) is 15.0. The lowest BCUT2D eigenvalue weighted by Crippen LogP contribution is -2.29. The fourth-order valence-electron chi connectivity index (χ4n) is 2.98. The highest BCUT2D eigenvalue weighted by molar-refractivity contribution is 7.14. The first-order valence-corrected chi connectivity index (χ1v) is 9.66. The van der Waals surface area contributed by atoms with Crippen LogP contribution < -0.4 is 10.1 Å². The largest absolute Gasteiger partial charge is 0.497 e. The third kappa shape index (κ3) is 4.43. The summed E-state index contributed by atoms with van der Waals surface area (Å²) >= 11 is 1.50. The molecule has 1 amide bonds. The fraction of sp³-hybridized carbons (Fsp3) is 0.400. The van der Waals surface area contributed by atoms with Crippen molar-refractivity contribution in [3.8, 4) is 5.75 Å². The summed E-state index contributed by atoms with van der Waals surface area (Å²) in [6.45, 7) is 1.58. The maximum Gasteiger partial charge on any atom is 0.349 e. The molecule has 1 aliphatic rings. The van der Waals surface area contributed by atoms with Gasteiger partial charge in [0.05, 0.1) is 7.11 Å². The molecule has 3 rings (SSSR count). The molecule has 1 N–H and O–H groups in total. The van der Waals surface area contributed by atoms with Crippen LogP contribution in [0.25, 0.3) is 0 Å². The van der Waals surface area contributed by atoms with Gasteiger partial charge < -0.3 is 14.8 Å². The summed E-state index contributed by atoms with van der Waals surface area (Å²) in [7, 11) is 1.56. The lowest BCUT2D eigenvalue weighted by molar-refractivity contribution is -0.123. The van der Waals surface area contributed by atoms with E-state index in [0.29, 0.717) is 16.3 Å². The molecule has 1 heterocycles. The minimum atomic E-state index is -0.879. The molecule has 1 aromatic carbocycles. The molecule has 0 saturated carbocycles. The van der Waals surface area contributed by atoms with Gasteiger partial charge in [-0.25, -0.2) is 4.79 Å². The second-order valence-corrected chi connectivity index (χ2v) is 7.53. The van der Waals surface area contributed by atoms with E-state index in [2.05, 4.69) is 5.32 Å². The highest BCUT2D eigenvalue weighted by Gasteiger charge is 2.22. The van der Waals surface area contributed by atoms with Gasteiger partial charge in [0, 0.05) is 16.6 Å². The van der Waals surface area contributed by atoms with Gasteiger partial charge in [-0.1, -0.05) is 12.5 Å². The molecule has 0 bridgehead atoms. The molecule has 0 saturated heterocycles. The molecule has 138 valence electrons. The Balaban J connectivity index is 1.60. The van der Waals surface area contributed by atoms with Crippen LogP contribution in [0.2, 0.25) is 0 Å². The molecule has 0 radical (unpaired) electrons. The molecule has 5 nitrogen and oxygen atoms in total. The third-order valence-corrected chi connectivity index (χ3v) is 5.66. The number of carbonyl (C=O) groups is 2. The third-order valence-electron chi connectivity index (χ3n) is 4.44. The first kappa shape index (κ1) is 18.5. The smallest absolute Gasteiger partial charge is 0.349 e. The molecule has 2 aromatic rings. The van der Waals surface area contributed by atoms with Crippen molar-refractivity contribution in [1.29, 1.82) is 0 Å². The van der Waals surface area contributed by atoms with E-state index >= 15 is 0 Å². The number of hydrogen-bond acceptors (Lipinski definition) is 5. The van der Waals surface area contributed by atoms with Crippen LogP contribution in [0.1, 0.15) is 46.3 Å². The Bertz CT molecular complexity index is 775. The molecule has 0 fully saturated rings. The number of methoxy groups -OCH3 is 1. The number of anilines is 1. The number of esters is 1. The number of nitrogens with one attached hydrogen (secondary N) is 1. The van der Waals surface area contributed by atoms with E-state index in [1.54, 1.807) is 38.3 Å². The number of rotatable bonds is 5.